The fourth-order valence-electron chi connectivity index (χ4n) is 2.09. The maximum atomic E-state index is 10.6. The molecule has 0 fully saturated rings. The highest BCUT2D eigenvalue weighted by molar-refractivity contribution is 5.71. The van der Waals surface area contributed by atoms with E-state index in [-0.39, 0.29) is 5.69 Å². The smallest absolute Gasteiger partial charge is 0.287 e. The van der Waals surface area contributed by atoms with Gasteiger partial charge < -0.3 is 5.32 Å². The van der Waals surface area contributed by atoms with Crippen molar-refractivity contribution >= 4 is 29.3 Å². The number of nitrogens with one attached hydrogen (secondary N) is 1. The molecule has 1 aromatic carbocycles. The molecule has 2 heterocycles. The van der Waals surface area contributed by atoms with Crippen LogP contribution in [0.2, 0.25) is 0 Å². The SMILES string of the molecule is O=[N+]([O-])c1ccc(Nc2cccc(/C=C/c3ccccn3)c2)nc1. The molecule has 3 rings (SSSR count). The summed E-state index contributed by atoms with van der Waals surface area (Å²) in [6.45, 7) is 0. The predicted molar refractivity (Wildman–Crippen MR) is 93.8 cm³/mol. The predicted octanol–water partition coefficient (Wildman–Crippen LogP) is 4.30. The summed E-state index contributed by atoms with van der Waals surface area (Å²) in [4.78, 5) is 18.4. The van der Waals surface area contributed by atoms with Crippen molar-refractivity contribution in [2.75, 3.05) is 5.32 Å². The number of hydrogen-bond acceptors (Lipinski definition) is 5. The van der Waals surface area contributed by atoms with Gasteiger partial charge in [-0.3, -0.25) is 15.1 Å². The maximum absolute atomic E-state index is 10.6. The van der Waals surface area contributed by atoms with Crippen molar-refractivity contribution in [3.05, 3.63) is 88.4 Å². The minimum atomic E-state index is -0.472. The van der Waals surface area contributed by atoms with Crippen molar-refractivity contribution < 1.29 is 4.92 Å². The summed E-state index contributed by atoms with van der Waals surface area (Å²) >= 11 is 0. The zero-order chi connectivity index (χ0) is 16.8. The van der Waals surface area contributed by atoms with Gasteiger partial charge in [0, 0.05) is 18.0 Å². The van der Waals surface area contributed by atoms with E-state index in [2.05, 4.69) is 15.3 Å². The third-order valence-corrected chi connectivity index (χ3v) is 3.25. The number of aromatic nitrogens is 2. The molecule has 0 spiro atoms. The van der Waals surface area contributed by atoms with Crippen molar-refractivity contribution in [1.82, 2.24) is 9.97 Å². The number of hydrogen-bond donors (Lipinski definition) is 1. The van der Waals surface area contributed by atoms with Gasteiger partial charge in [0.1, 0.15) is 12.0 Å². The molecule has 0 saturated heterocycles. The first kappa shape index (κ1) is 15.4. The summed E-state index contributed by atoms with van der Waals surface area (Å²) in [5.41, 5.74) is 2.70. The molecule has 2 aromatic heterocycles. The highest BCUT2D eigenvalue weighted by Gasteiger charge is 2.05. The second-order valence-electron chi connectivity index (χ2n) is 5.00. The van der Waals surface area contributed by atoms with Gasteiger partial charge in [0.05, 0.1) is 10.6 Å². The van der Waals surface area contributed by atoms with Gasteiger partial charge in [0.25, 0.3) is 5.69 Å². The number of rotatable bonds is 5. The first-order valence-electron chi connectivity index (χ1n) is 7.27. The third-order valence-electron chi connectivity index (χ3n) is 3.25. The molecule has 0 aliphatic rings. The molecule has 6 nitrogen and oxygen atoms in total. The van der Waals surface area contributed by atoms with Gasteiger partial charge in [-0.15, -0.1) is 0 Å². The number of benzene rings is 1. The topological polar surface area (TPSA) is 81.0 Å². The summed E-state index contributed by atoms with van der Waals surface area (Å²) < 4.78 is 0. The highest BCUT2D eigenvalue weighted by Crippen LogP contribution is 2.19. The number of nitrogens with zero attached hydrogens (tertiary/aromatic N) is 3. The quantitative estimate of drug-likeness (QED) is 0.560. The van der Waals surface area contributed by atoms with E-state index in [0.717, 1.165) is 16.9 Å². The Labute approximate surface area is 138 Å². The van der Waals surface area contributed by atoms with Gasteiger partial charge in [-0.25, -0.2) is 4.98 Å². The summed E-state index contributed by atoms with van der Waals surface area (Å²) in [6, 6.07) is 16.5. The molecule has 0 aliphatic heterocycles. The molecular weight excluding hydrogens is 304 g/mol. The van der Waals surface area contributed by atoms with Crippen molar-refractivity contribution in [1.29, 1.82) is 0 Å². The average Bonchev–Trinajstić information content (AvgIpc) is 2.62. The van der Waals surface area contributed by atoms with Crippen LogP contribution in [0.15, 0.2) is 67.0 Å². The van der Waals surface area contributed by atoms with Crippen LogP contribution in [0.3, 0.4) is 0 Å². The maximum Gasteiger partial charge on any atom is 0.287 e. The van der Waals surface area contributed by atoms with E-state index in [0.29, 0.717) is 5.82 Å². The molecule has 0 unspecified atom stereocenters. The zero-order valence-corrected chi connectivity index (χ0v) is 12.7. The van der Waals surface area contributed by atoms with Gasteiger partial charge in [-0.05, 0) is 42.0 Å². The van der Waals surface area contributed by atoms with Crippen molar-refractivity contribution in [3.63, 3.8) is 0 Å². The Bertz CT molecular complexity index is 862. The van der Waals surface area contributed by atoms with Crippen LogP contribution in [0.1, 0.15) is 11.3 Å². The summed E-state index contributed by atoms with van der Waals surface area (Å²) in [7, 11) is 0. The summed E-state index contributed by atoms with van der Waals surface area (Å²) in [5.74, 6) is 0.548. The molecule has 0 bridgehead atoms. The molecule has 0 saturated carbocycles. The Kier molecular flexibility index (Phi) is 4.57. The Morgan fingerprint density at radius 2 is 1.92 bits per heavy atom. The van der Waals surface area contributed by atoms with Gasteiger partial charge in [-0.2, -0.15) is 0 Å². The van der Waals surface area contributed by atoms with Gasteiger partial charge in [0.2, 0.25) is 0 Å². The molecule has 1 N–H and O–H groups in total. The molecule has 3 aromatic rings. The standard InChI is InChI=1S/C18H14N4O2/c23-22(24)17-9-10-18(20-13-17)21-16-6-3-4-14(12-16)7-8-15-5-1-2-11-19-15/h1-13H,(H,20,21)/b8-7+. The van der Waals surface area contributed by atoms with E-state index in [4.69, 9.17) is 0 Å². The van der Waals surface area contributed by atoms with E-state index < -0.39 is 4.92 Å². The van der Waals surface area contributed by atoms with E-state index in [1.807, 2.05) is 54.6 Å². The number of anilines is 2. The van der Waals surface area contributed by atoms with E-state index in [9.17, 15) is 10.1 Å². The minimum absolute atomic E-state index is 0.0346. The first-order valence-corrected chi connectivity index (χ1v) is 7.27. The molecule has 0 radical (unpaired) electrons. The summed E-state index contributed by atoms with van der Waals surface area (Å²) in [5, 5.41) is 13.8. The minimum Gasteiger partial charge on any atom is -0.340 e. The lowest BCUT2D eigenvalue weighted by Gasteiger charge is -2.06. The van der Waals surface area contributed by atoms with Gasteiger partial charge >= 0.3 is 0 Å². The third kappa shape index (κ3) is 4.01. The highest BCUT2D eigenvalue weighted by atomic mass is 16.6. The van der Waals surface area contributed by atoms with Crippen LogP contribution in [0.25, 0.3) is 12.2 Å². The molecule has 24 heavy (non-hydrogen) atoms. The summed E-state index contributed by atoms with van der Waals surface area (Å²) in [6.07, 6.45) is 6.88. The lowest BCUT2D eigenvalue weighted by molar-refractivity contribution is -0.385. The second-order valence-corrected chi connectivity index (χ2v) is 5.00. The Balaban J connectivity index is 1.73. The Morgan fingerprint density at radius 1 is 1.00 bits per heavy atom. The number of nitro groups is 1. The molecular formula is C18H14N4O2. The van der Waals surface area contributed by atoms with Gasteiger partial charge in [0.15, 0.2) is 0 Å². The fourth-order valence-corrected chi connectivity index (χ4v) is 2.09. The normalized spacial score (nSPS) is 10.7. The van der Waals surface area contributed by atoms with E-state index in [1.165, 1.54) is 12.3 Å². The first-order chi connectivity index (χ1) is 11.7. The lowest BCUT2D eigenvalue weighted by Crippen LogP contribution is -1.95. The molecule has 118 valence electrons. The molecule has 0 atom stereocenters. The molecule has 6 heteroatoms. The van der Waals surface area contributed by atoms with Gasteiger partial charge in [-0.1, -0.05) is 24.3 Å². The Morgan fingerprint density at radius 3 is 2.62 bits per heavy atom. The van der Waals surface area contributed by atoms with Crippen LogP contribution in [0.5, 0.6) is 0 Å². The van der Waals surface area contributed by atoms with Crippen LogP contribution in [-0.4, -0.2) is 14.9 Å². The van der Waals surface area contributed by atoms with Crippen molar-refractivity contribution in [2.24, 2.45) is 0 Å². The second kappa shape index (κ2) is 7.15. The van der Waals surface area contributed by atoms with E-state index >= 15 is 0 Å². The van der Waals surface area contributed by atoms with Crippen molar-refractivity contribution in [2.45, 2.75) is 0 Å². The zero-order valence-electron chi connectivity index (χ0n) is 12.7. The van der Waals surface area contributed by atoms with Crippen LogP contribution < -0.4 is 5.32 Å². The van der Waals surface area contributed by atoms with Crippen molar-refractivity contribution in [3.8, 4) is 0 Å². The van der Waals surface area contributed by atoms with Crippen LogP contribution in [-0.2, 0) is 0 Å². The van der Waals surface area contributed by atoms with Crippen LogP contribution in [0, 0.1) is 10.1 Å². The fraction of sp³-hybridized carbons (Fsp3) is 0. The lowest BCUT2D eigenvalue weighted by atomic mass is 10.1. The molecule has 0 amide bonds. The largest absolute Gasteiger partial charge is 0.340 e. The molecule has 0 aliphatic carbocycles. The Hall–Kier alpha value is -3.54. The van der Waals surface area contributed by atoms with Crippen LogP contribution in [0.4, 0.5) is 17.2 Å². The monoisotopic (exact) mass is 318 g/mol. The van der Waals surface area contributed by atoms with E-state index in [1.54, 1.807) is 12.3 Å². The average molecular weight is 318 g/mol. The number of pyridine rings is 2. The van der Waals surface area contributed by atoms with Crippen LogP contribution >= 0.6 is 0 Å².